The van der Waals surface area contributed by atoms with Gasteiger partial charge in [-0.05, 0) is 55.5 Å². The van der Waals surface area contributed by atoms with Crippen LogP contribution in [0, 0.1) is 0 Å². The van der Waals surface area contributed by atoms with Crippen LogP contribution in [-0.4, -0.2) is 21.9 Å². The maximum Gasteiger partial charge on any atom is 0.247 e. The minimum atomic E-state index is -0.462. The average molecular weight is 419 g/mol. The van der Waals surface area contributed by atoms with Gasteiger partial charge in [-0.1, -0.05) is 29.8 Å². The van der Waals surface area contributed by atoms with Gasteiger partial charge < -0.3 is 15.4 Å². The Kier molecular flexibility index (Phi) is 5.77. The summed E-state index contributed by atoms with van der Waals surface area (Å²) >= 11 is 5.81. The van der Waals surface area contributed by atoms with Crippen LogP contribution in [0.15, 0.2) is 79.1 Å². The number of halogens is 1. The van der Waals surface area contributed by atoms with Crippen molar-refractivity contribution in [1.29, 1.82) is 0 Å². The van der Waals surface area contributed by atoms with E-state index in [0.29, 0.717) is 22.3 Å². The Morgan fingerprint density at radius 2 is 1.80 bits per heavy atom. The van der Waals surface area contributed by atoms with Crippen LogP contribution >= 0.6 is 11.6 Å². The van der Waals surface area contributed by atoms with Crippen LogP contribution in [0.4, 0.5) is 11.5 Å². The molecule has 1 amide bonds. The molecule has 0 aliphatic heterocycles. The third kappa shape index (κ3) is 4.67. The Bertz CT molecular complexity index is 1160. The number of hydrogen-bond acceptors (Lipinski definition) is 5. The molecule has 4 aromatic rings. The summed E-state index contributed by atoms with van der Waals surface area (Å²) in [5.74, 6) is 1.62. The largest absolute Gasteiger partial charge is 0.455 e. The zero-order valence-electron chi connectivity index (χ0n) is 16.2. The zero-order valence-corrected chi connectivity index (χ0v) is 16.9. The lowest BCUT2D eigenvalue weighted by Crippen LogP contribution is -2.32. The van der Waals surface area contributed by atoms with Gasteiger partial charge in [-0.2, -0.15) is 0 Å². The molecule has 0 saturated heterocycles. The lowest BCUT2D eigenvalue weighted by molar-refractivity contribution is -0.116. The Hall–Kier alpha value is -3.64. The summed E-state index contributed by atoms with van der Waals surface area (Å²) in [6.07, 6.45) is 3.23. The number of para-hydroxylation sites is 1. The van der Waals surface area contributed by atoms with E-state index in [1.807, 2.05) is 54.6 Å². The fourth-order valence-electron chi connectivity index (χ4n) is 2.90. The molecular weight excluding hydrogens is 400 g/mol. The first-order chi connectivity index (χ1) is 14.6. The Labute approximate surface area is 178 Å². The molecule has 7 heteroatoms. The van der Waals surface area contributed by atoms with Gasteiger partial charge in [0.2, 0.25) is 5.91 Å². The van der Waals surface area contributed by atoms with Crippen LogP contribution in [0.5, 0.6) is 11.5 Å². The van der Waals surface area contributed by atoms with Gasteiger partial charge in [0.15, 0.2) is 5.75 Å². The first kappa shape index (κ1) is 19.7. The number of nitrogens with zero attached hydrogens (tertiary/aromatic N) is 2. The molecular formula is C23H19ClN4O2. The maximum atomic E-state index is 12.4. The van der Waals surface area contributed by atoms with Crippen LogP contribution < -0.4 is 15.4 Å². The zero-order chi connectivity index (χ0) is 20.9. The number of amides is 1. The number of pyridine rings is 2. The second kappa shape index (κ2) is 8.80. The molecule has 0 aliphatic carbocycles. The molecule has 0 bridgehead atoms. The standard InChI is InChI=1S/C23H19ClN4O2/c1-15(23(29)28-21-12-7-17(24)14-26-21)27-18-8-10-19(11-9-18)30-20-6-2-4-16-5-3-13-25-22(16)20/h2-15,27H,1H3,(H,26,28,29). The van der Waals surface area contributed by atoms with Crippen LogP contribution in [0.1, 0.15) is 6.92 Å². The Morgan fingerprint density at radius 1 is 1.00 bits per heavy atom. The lowest BCUT2D eigenvalue weighted by atomic mass is 10.2. The molecule has 1 atom stereocenters. The number of carbonyl (C=O) groups excluding carboxylic acids is 1. The van der Waals surface area contributed by atoms with Crippen molar-refractivity contribution in [3.05, 3.63) is 84.1 Å². The lowest BCUT2D eigenvalue weighted by Gasteiger charge is -2.15. The Morgan fingerprint density at radius 3 is 2.57 bits per heavy atom. The molecule has 0 radical (unpaired) electrons. The molecule has 2 N–H and O–H groups in total. The monoisotopic (exact) mass is 418 g/mol. The number of aromatic nitrogens is 2. The van der Waals surface area contributed by atoms with Gasteiger partial charge in [-0.3, -0.25) is 9.78 Å². The van der Waals surface area contributed by atoms with Gasteiger partial charge in [0.25, 0.3) is 0 Å². The van der Waals surface area contributed by atoms with Crippen LogP contribution in [-0.2, 0) is 4.79 Å². The summed E-state index contributed by atoms with van der Waals surface area (Å²) in [4.78, 5) is 20.8. The summed E-state index contributed by atoms with van der Waals surface area (Å²) in [6.45, 7) is 1.78. The number of carbonyl (C=O) groups is 1. The minimum absolute atomic E-state index is 0.202. The van der Waals surface area contributed by atoms with Crippen LogP contribution in [0.25, 0.3) is 10.9 Å². The van der Waals surface area contributed by atoms with Gasteiger partial charge in [0.1, 0.15) is 23.1 Å². The highest BCUT2D eigenvalue weighted by Gasteiger charge is 2.13. The molecule has 2 heterocycles. The molecule has 150 valence electrons. The number of nitrogens with one attached hydrogen (secondary N) is 2. The number of rotatable bonds is 6. The first-order valence-electron chi connectivity index (χ1n) is 9.39. The van der Waals surface area contributed by atoms with E-state index in [2.05, 4.69) is 20.6 Å². The summed E-state index contributed by atoms with van der Waals surface area (Å²) in [7, 11) is 0. The highest BCUT2D eigenvalue weighted by atomic mass is 35.5. The number of fused-ring (bicyclic) bond motifs is 1. The molecule has 0 fully saturated rings. The summed E-state index contributed by atoms with van der Waals surface area (Å²) in [6, 6.07) is 20.0. The first-order valence-corrected chi connectivity index (χ1v) is 9.77. The van der Waals surface area contributed by atoms with Crippen LogP contribution in [0.3, 0.4) is 0 Å². The number of hydrogen-bond donors (Lipinski definition) is 2. The molecule has 0 spiro atoms. The second-order valence-electron chi connectivity index (χ2n) is 6.67. The molecule has 30 heavy (non-hydrogen) atoms. The van der Waals surface area contributed by atoms with E-state index in [4.69, 9.17) is 16.3 Å². The summed E-state index contributed by atoms with van der Waals surface area (Å²) in [5, 5.41) is 7.44. The number of benzene rings is 2. The molecule has 0 saturated carbocycles. The smallest absolute Gasteiger partial charge is 0.247 e. The van der Waals surface area contributed by atoms with Gasteiger partial charge in [0, 0.05) is 23.5 Å². The third-order valence-electron chi connectivity index (χ3n) is 4.43. The van der Waals surface area contributed by atoms with E-state index in [9.17, 15) is 4.79 Å². The highest BCUT2D eigenvalue weighted by Crippen LogP contribution is 2.29. The molecule has 2 aromatic carbocycles. The van der Waals surface area contributed by atoms with Gasteiger partial charge in [-0.25, -0.2) is 4.98 Å². The van der Waals surface area contributed by atoms with Crippen molar-refractivity contribution in [2.45, 2.75) is 13.0 Å². The maximum absolute atomic E-state index is 12.4. The number of ether oxygens (including phenoxy) is 1. The fraction of sp³-hybridized carbons (Fsp3) is 0.0870. The van der Waals surface area contributed by atoms with E-state index < -0.39 is 6.04 Å². The number of anilines is 2. The van der Waals surface area contributed by atoms with Gasteiger partial charge in [0.05, 0.1) is 5.02 Å². The van der Waals surface area contributed by atoms with Crippen molar-refractivity contribution in [3.8, 4) is 11.5 Å². The fourth-order valence-corrected chi connectivity index (χ4v) is 3.02. The average Bonchev–Trinajstić information content (AvgIpc) is 2.77. The van der Waals surface area contributed by atoms with Crippen molar-refractivity contribution in [2.24, 2.45) is 0 Å². The Balaban J connectivity index is 1.39. The van der Waals surface area contributed by atoms with E-state index in [1.54, 1.807) is 25.3 Å². The van der Waals surface area contributed by atoms with E-state index in [1.165, 1.54) is 6.20 Å². The van der Waals surface area contributed by atoms with Crippen LogP contribution in [0.2, 0.25) is 5.02 Å². The van der Waals surface area contributed by atoms with E-state index in [-0.39, 0.29) is 5.91 Å². The van der Waals surface area contributed by atoms with Gasteiger partial charge in [-0.15, -0.1) is 0 Å². The quantitative estimate of drug-likeness (QED) is 0.431. The normalized spacial score (nSPS) is 11.7. The van der Waals surface area contributed by atoms with Crippen molar-refractivity contribution < 1.29 is 9.53 Å². The predicted molar refractivity (Wildman–Crippen MR) is 119 cm³/mol. The summed E-state index contributed by atoms with van der Waals surface area (Å²) in [5.41, 5.74) is 1.61. The van der Waals surface area contributed by atoms with Crippen molar-refractivity contribution in [3.63, 3.8) is 0 Å². The topological polar surface area (TPSA) is 76.1 Å². The predicted octanol–water partition coefficient (Wildman–Crippen LogP) is 5.51. The molecule has 2 aromatic heterocycles. The minimum Gasteiger partial charge on any atom is -0.455 e. The SMILES string of the molecule is CC(Nc1ccc(Oc2cccc3cccnc23)cc1)C(=O)Nc1ccc(Cl)cn1. The van der Waals surface area contributed by atoms with Crippen molar-refractivity contribution in [2.75, 3.05) is 10.6 Å². The van der Waals surface area contributed by atoms with E-state index in [0.717, 1.165) is 16.6 Å². The molecule has 1 unspecified atom stereocenters. The van der Waals surface area contributed by atoms with Gasteiger partial charge >= 0.3 is 0 Å². The van der Waals surface area contributed by atoms with E-state index >= 15 is 0 Å². The highest BCUT2D eigenvalue weighted by molar-refractivity contribution is 6.30. The second-order valence-corrected chi connectivity index (χ2v) is 7.11. The van der Waals surface area contributed by atoms with Crippen molar-refractivity contribution >= 4 is 39.9 Å². The molecule has 0 aliphatic rings. The molecule has 6 nitrogen and oxygen atoms in total. The summed E-state index contributed by atoms with van der Waals surface area (Å²) < 4.78 is 6.00. The third-order valence-corrected chi connectivity index (χ3v) is 4.66. The molecule has 4 rings (SSSR count). The van der Waals surface area contributed by atoms with Crippen molar-refractivity contribution in [1.82, 2.24) is 9.97 Å².